The van der Waals surface area contributed by atoms with Gasteiger partial charge in [-0.05, 0) is 7.05 Å². The largest absolute Gasteiger partial charge is 0.301 e. The Morgan fingerprint density at radius 3 is 3.08 bits per heavy atom. The molecule has 0 saturated carbocycles. The van der Waals surface area contributed by atoms with Gasteiger partial charge in [0.15, 0.2) is 10.8 Å². The van der Waals surface area contributed by atoms with Gasteiger partial charge in [0.05, 0.1) is 5.69 Å². The molecule has 0 spiro atoms. The minimum atomic E-state index is 0.0852. The highest BCUT2D eigenvalue weighted by atomic mass is 32.1. The average Bonchev–Trinajstić information content (AvgIpc) is 2.46. The van der Waals surface area contributed by atoms with E-state index in [0.717, 1.165) is 25.2 Å². The standard InChI is InChI=1S/C9H12N2OS/c1-6(12)9-10-7-3-4-11(2)5-8(7)13-9/h3-5H2,1-2H3. The fraction of sp³-hybridized carbons (Fsp3) is 0.556. The fourth-order valence-electron chi connectivity index (χ4n) is 1.47. The zero-order chi connectivity index (χ0) is 9.42. The van der Waals surface area contributed by atoms with Crippen molar-refractivity contribution < 1.29 is 4.79 Å². The van der Waals surface area contributed by atoms with Crippen molar-refractivity contribution in [3.05, 3.63) is 15.6 Å². The first kappa shape index (κ1) is 8.84. The number of aromatic nitrogens is 1. The van der Waals surface area contributed by atoms with Crippen molar-refractivity contribution in [2.45, 2.75) is 19.9 Å². The molecular weight excluding hydrogens is 184 g/mol. The molecule has 3 nitrogen and oxygen atoms in total. The van der Waals surface area contributed by atoms with E-state index in [2.05, 4.69) is 16.9 Å². The van der Waals surface area contributed by atoms with Gasteiger partial charge in [-0.3, -0.25) is 4.79 Å². The number of likely N-dealkylation sites (N-methyl/N-ethyl adjacent to an activating group) is 1. The van der Waals surface area contributed by atoms with Crippen LogP contribution in [0.2, 0.25) is 0 Å². The van der Waals surface area contributed by atoms with Crippen molar-refractivity contribution in [2.75, 3.05) is 13.6 Å². The summed E-state index contributed by atoms with van der Waals surface area (Å²) in [6.07, 6.45) is 0.982. The molecule has 0 saturated heterocycles. The molecule has 0 fully saturated rings. The monoisotopic (exact) mass is 196 g/mol. The second kappa shape index (κ2) is 3.20. The molecular formula is C9H12N2OS. The maximum absolute atomic E-state index is 11.1. The summed E-state index contributed by atoms with van der Waals surface area (Å²) in [7, 11) is 2.09. The third-order valence-electron chi connectivity index (χ3n) is 2.22. The Bertz CT molecular complexity index is 345. The maximum atomic E-state index is 11.1. The van der Waals surface area contributed by atoms with E-state index in [4.69, 9.17) is 0 Å². The molecule has 0 atom stereocenters. The van der Waals surface area contributed by atoms with E-state index in [1.807, 2.05) is 0 Å². The highest BCUT2D eigenvalue weighted by molar-refractivity contribution is 7.13. The van der Waals surface area contributed by atoms with E-state index in [1.165, 1.54) is 4.88 Å². The molecule has 4 heteroatoms. The Labute approximate surface area is 81.4 Å². The topological polar surface area (TPSA) is 33.2 Å². The molecule has 1 aliphatic rings. The summed E-state index contributed by atoms with van der Waals surface area (Å²) < 4.78 is 0. The van der Waals surface area contributed by atoms with Gasteiger partial charge < -0.3 is 4.90 Å². The highest BCUT2D eigenvalue weighted by Crippen LogP contribution is 2.24. The molecule has 2 rings (SSSR count). The molecule has 2 heterocycles. The third-order valence-corrected chi connectivity index (χ3v) is 3.41. The minimum Gasteiger partial charge on any atom is -0.301 e. The summed E-state index contributed by atoms with van der Waals surface area (Å²) in [5.74, 6) is 0.0852. The Hall–Kier alpha value is -0.740. The van der Waals surface area contributed by atoms with Crippen LogP contribution in [-0.4, -0.2) is 29.3 Å². The third kappa shape index (κ3) is 1.64. The quantitative estimate of drug-likeness (QED) is 0.635. The first-order chi connectivity index (χ1) is 6.16. The predicted molar refractivity (Wildman–Crippen MR) is 52.2 cm³/mol. The predicted octanol–water partition coefficient (Wildman–Crippen LogP) is 1.33. The zero-order valence-electron chi connectivity index (χ0n) is 7.83. The molecule has 70 valence electrons. The van der Waals surface area contributed by atoms with E-state index >= 15 is 0 Å². The number of Topliss-reactive ketones (excluding diaryl/α,β-unsaturated/α-hetero) is 1. The molecule has 1 aliphatic heterocycles. The lowest BCUT2D eigenvalue weighted by atomic mass is 10.2. The van der Waals surface area contributed by atoms with Crippen LogP contribution in [0.15, 0.2) is 0 Å². The first-order valence-electron chi connectivity index (χ1n) is 4.35. The lowest BCUT2D eigenvalue weighted by Gasteiger charge is -2.20. The number of carbonyl (C=O) groups is 1. The smallest absolute Gasteiger partial charge is 0.188 e. The number of thiazole rings is 1. The Morgan fingerprint density at radius 2 is 2.38 bits per heavy atom. The second-order valence-electron chi connectivity index (χ2n) is 3.43. The normalized spacial score (nSPS) is 17.1. The van der Waals surface area contributed by atoms with Crippen molar-refractivity contribution in [2.24, 2.45) is 0 Å². The first-order valence-corrected chi connectivity index (χ1v) is 5.16. The number of nitrogens with zero attached hydrogens (tertiary/aromatic N) is 2. The number of carbonyl (C=O) groups excluding carboxylic acids is 1. The number of rotatable bonds is 1. The number of ketones is 1. The zero-order valence-corrected chi connectivity index (χ0v) is 8.65. The van der Waals surface area contributed by atoms with Crippen LogP contribution in [0.1, 0.15) is 27.3 Å². The molecule has 0 aliphatic carbocycles. The molecule has 0 aromatic carbocycles. The molecule has 1 aromatic heterocycles. The highest BCUT2D eigenvalue weighted by Gasteiger charge is 2.19. The summed E-state index contributed by atoms with van der Waals surface area (Å²) in [6, 6.07) is 0. The molecule has 0 unspecified atom stereocenters. The van der Waals surface area contributed by atoms with E-state index in [0.29, 0.717) is 5.01 Å². The summed E-state index contributed by atoms with van der Waals surface area (Å²) in [5.41, 5.74) is 1.13. The van der Waals surface area contributed by atoms with Gasteiger partial charge in [-0.2, -0.15) is 0 Å². The van der Waals surface area contributed by atoms with Crippen LogP contribution in [0.5, 0.6) is 0 Å². The summed E-state index contributed by atoms with van der Waals surface area (Å²) in [5, 5.41) is 0.667. The Balaban J connectivity index is 2.33. The second-order valence-corrected chi connectivity index (χ2v) is 4.52. The Morgan fingerprint density at radius 1 is 1.62 bits per heavy atom. The van der Waals surface area contributed by atoms with Crippen molar-refractivity contribution >= 4 is 17.1 Å². The van der Waals surface area contributed by atoms with Gasteiger partial charge >= 0.3 is 0 Å². The lowest BCUT2D eigenvalue weighted by molar-refractivity contribution is 0.101. The van der Waals surface area contributed by atoms with E-state index in [9.17, 15) is 4.79 Å². The molecule has 0 bridgehead atoms. The fourth-order valence-corrected chi connectivity index (χ4v) is 2.56. The Kier molecular flexibility index (Phi) is 2.17. The number of hydrogen-bond acceptors (Lipinski definition) is 4. The van der Waals surface area contributed by atoms with Gasteiger partial charge in [0, 0.05) is 31.3 Å². The molecule has 1 aromatic rings. The summed E-state index contributed by atoms with van der Waals surface area (Å²) in [4.78, 5) is 18.9. The van der Waals surface area contributed by atoms with Gasteiger partial charge in [0.1, 0.15) is 0 Å². The minimum absolute atomic E-state index is 0.0852. The molecule has 0 N–H and O–H groups in total. The van der Waals surface area contributed by atoms with Crippen molar-refractivity contribution in [3.63, 3.8) is 0 Å². The van der Waals surface area contributed by atoms with Crippen LogP contribution in [-0.2, 0) is 13.0 Å². The van der Waals surface area contributed by atoms with Gasteiger partial charge in [-0.1, -0.05) is 0 Å². The summed E-state index contributed by atoms with van der Waals surface area (Å²) >= 11 is 1.54. The number of fused-ring (bicyclic) bond motifs is 1. The van der Waals surface area contributed by atoms with E-state index < -0.39 is 0 Å². The maximum Gasteiger partial charge on any atom is 0.188 e. The van der Waals surface area contributed by atoms with Crippen LogP contribution in [0.4, 0.5) is 0 Å². The molecule has 0 amide bonds. The van der Waals surface area contributed by atoms with Gasteiger partial charge in [-0.15, -0.1) is 11.3 Å². The average molecular weight is 196 g/mol. The SMILES string of the molecule is CC(=O)c1nc2c(s1)CN(C)CC2. The summed E-state index contributed by atoms with van der Waals surface area (Å²) in [6.45, 7) is 3.57. The van der Waals surface area contributed by atoms with Gasteiger partial charge in [0.25, 0.3) is 0 Å². The van der Waals surface area contributed by atoms with Crippen LogP contribution in [0.3, 0.4) is 0 Å². The van der Waals surface area contributed by atoms with Gasteiger partial charge in [-0.25, -0.2) is 4.98 Å². The van der Waals surface area contributed by atoms with Crippen molar-refractivity contribution in [1.29, 1.82) is 0 Å². The van der Waals surface area contributed by atoms with Crippen LogP contribution < -0.4 is 0 Å². The molecule has 0 radical (unpaired) electrons. The van der Waals surface area contributed by atoms with Crippen molar-refractivity contribution in [3.8, 4) is 0 Å². The van der Waals surface area contributed by atoms with Crippen LogP contribution in [0.25, 0.3) is 0 Å². The molecule has 13 heavy (non-hydrogen) atoms. The number of hydrogen-bond donors (Lipinski definition) is 0. The van der Waals surface area contributed by atoms with Crippen molar-refractivity contribution in [1.82, 2.24) is 9.88 Å². The van der Waals surface area contributed by atoms with Crippen LogP contribution in [0, 0.1) is 0 Å². The van der Waals surface area contributed by atoms with Crippen LogP contribution >= 0.6 is 11.3 Å². The van der Waals surface area contributed by atoms with Gasteiger partial charge in [0.2, 0.25) is 0 Å². The van der Waals surface area contributed by atoms with E-state index in [-0.39, 0.29) is 5.78 Å². The lowest BCUT2D eigenvalue weighted by Crippen LogP contribution is -2.25. The van der Waals surface area contributed by atoms with E-state index in [1.54, 1.807) is 18.3 Å².